The van der Waals surface area contributed by atoms with Crippen LogP contribution in [0.15, 0.2) is 60.8 Å². The maximum Gasteiger partial charge on any atom is 0.256 e. The summed E-state index contributed by atoms with van der Waals surface area (Å²) in [5.41, 5.74) is 2.12. The van der Waals surface area contributed by atoms with Crippen molar-refractivity contribution in [1.29, 1.82) is 0 Å². The molecule has 26 heavy (non-hydrogen) atoms. The number of benzene rings is 2. The van der Waals surface area contributed by atoms with E-state index in [4.69, 9.17) is 23.2 Å². The average molecular weight is 390 g/mol. The maximum absolute atomic E-state index is 12.9. The molecule has 4 nitrogen and oxygen atoms in total. The summed E-state index contributed by atoms with van der Waals surface area (Å²) in [5, 5.41) is 6.57. The zero-order chi connectivity index (χ0) is 18.5. The number of carbonyl (C=O) groups excluding carboxylic acids is 1. The smallest absolute Gasteiger partial charge is 0.256 e. The van der Waals surface area contributed by atoms with Gasteiger partial charge in [0, 0.05) is 12.1 Å². The van der Waals surface area contributed by atoms with Crippen molar-refractivity contribution in [3.8, 4) is 0 Å². The molecular weight excluding hydrogens is 376 g/mol. The van der Waals surface area contributed by atoms with Crippen LogP contribution >= 0.6 is 23.2 Å². The second-order valence-corrected chi connectivity index (χ2v) is 6.31. The number of amides is 1. The number of halogens is 3. The van der Waals surface area contributed by atoms with E-state index in [1.54, 1.807) is 42.6 Å². The number of anilines is 2. The first-order valence-electron chi connectivity index (χ1n) is 7.72. The summed E-state index contributed by atoms with van der Waals surface area (Å²) in [4.78, 5) is 16.4. The highest BCUT2D eigenvalue weighted by Gasteiger charge is 2.09. The van der Waals surface area contributed by atoms with Gasteiger partial charge in [0.15, 0.2) is 0 Å². The van der Waals surface area contributed by atoms with E-state index in [0.29, 0.717) is 28.0 Å². The number of rotatable bonds is 5. The van der Waals surface area contributed by atoms with Gasteiger partial charge in [-0.15, -0.1) is 0 Å². The van der Waals surface area contributed by atoms with Crippen LogP contribution in [0.1, 0.15) is 15.9 Å². The topological polar surface area (TPSA) is 54.0 Å². The zero-order valence-corrected chi connectivity index (χ0v) is 15.0. The molecule has 0 fully saturated rings. The van der Waals surface area contributed by atoms with Gasteiger partial charge in [0.25, 0.3) is 5.91 Å². The lowest BCUT2D eigenvalue weighted by Crippen LogP contribution is -2.13. The van der Waals surface area contributed by atoms with Crippen molar-refractivity contribution in [3.05, 3.63) is 87.8 Å². The minimum absolute atomic E-state index is 0.266. The van der Waals surface area contributed by atoms with Crippen LogP contribution in [-0.2, 0) is 6.54 Å². The van der Waals surface area contributed by atoms with Gasteiger partial charge in [0.05, 0.1) is 21.9 Å². The standard InChI is InChI=1S/C19H14Cl2FN3O/c20-16-7-3-13(9-17(16)21)19(26)25-18-8-6-15(11-24-18)23-10-12-1-4-14(22)5-2-12/h1-9,11,23H,10H2,(H,24,25,26). The van der Waals surface area contributed by atoms with Crippen LogP contribution in [0.2, 0.25) is 10.0 Å². The lowest BCUT2D eigenvalue weighted by atomic mass is 10.2. The first kappa shape index (κ1) is 18.2. The number of hydrogen-bond acceptors (Lipinski definition) is 3. The molecule has 1 aromatic heterocycles. The van der Waals surface area contributed by atoms with Gasteiger partial charge in [-0.25, -0.2) is 9.37 Å². The average Bonchev–Trinajstić information content (AvgIpc) is 2.64. The van der Waals surface area contributed by atoms with E-state index in [1.807, 2.05) is 0 Å². The predicted molar refractivity (Wildman–Crippen MR) is 102 cm³/mol. The number of pyridine rings is 1. The van der Waals surface area contributed by atoms with Crippen molar-refractivity contribution >= 4 is 40.6 Å². The lowest BCUT2D eigenvalue weighted by Gasteiger charge is -2.08. The zero-order valence-electron chi connectivity index (χ0n) is 13.5. The summed E-state index contributed by atoms with van der Waals surface area (Å²) >= 11 is 11.8. The van der Waals surface area contributed by atoms with Crippen LogP contribution in [0.5, 0.6) is 0 Å². The minimum Gasteiger partial charge on any atom is -0.380 e. The van der Waals surface area contributed by atoms with Gasteiger partial charge in [-0.3, -0.25) is 4.79 Å². The quantitative estimate of drug-likeness (QED) is 0.614. The van der Waals surface area contributed by atoms with E-state index >= 15 is 0 Å². The van der Waals surface area contributed by atoms with Crippen LogP contribution < -0.4 is 10.6 Å². The van der Waals surface area contributed by atoms with Gasteiger partial charge in [-0.2, -0.15) is 0 Å². The Labute approximate surface area is 160 Å². The van der Waals surface area contributed by atoms with Crippen LogP contribution in [0.3, 0.4) is 0 Å². The second-order valence-electron chi connectivity index (χ2n) is 5.50. The molecule has 7 heteroatoms. The summed E-state index contributed by atoms with van der Waals surface area (Å²) in [5.74, 6) is -0.186. The van der Waals surface area contributed by atoms with Gasteiger partial charge >= 0.3 is 0 Å². The molecule has 0 radical (unpaired) electrons. The van der Waals surface area contributed by atoms with Gasteiger partial charge in [0.2, 0.25) is 0 Å². The Morgan fingerprint density at radius 2 is 1.77 bits per heavy atom. The van der Waals surface area contributed by atoms with Crippen LogP contribution in [-0.4, -0.2) is 10.9 Å². The third-order valence-corrected chi connectivity index (χ3v) is 4.34. The van der Waals surface area contributed by atoms with Crippen molar-refractivity contribution in [2.24, 2.45) is 0 Å². The lowest BCUT2D eigenvalue weighted by molar-refractivity contribution is 0.102. The molecule has 0 aliphatic carbocycles. The summed E-state index contributed by atoms with van der Waals surface area (Å²) < 4.78 is 12.9. The summed E-state index contributed by atoms with van der Waals surface area (Å²) in [6, 6.07) is 14.4. The van der Waals surface area contributed by atoms with E-state index in [1.165, 1.54) is 18.2 Å². The molecule has 0 aliphatic rings. The first-order chi connectivity index (χ1) is 12.5. The van der Waals surface area contributed by atoms with E-state index < -0.39 is 0 Å². The van der Waals surface area contributed by atoms with Crippen molar-refractivity contribution in [3.63, 3.8) is 0 Å². The second kappa shape index (κ2) is 8.17. The monoisotopic (exact) mass is 389 g/mol. The molecule has 0 atom stereocenters. The molecule has 2 aromatic carbocycles. The fourth-order valence-electron chi connectivity index (χ4n) is 2.20. The summed E-state index contributed by atoms with van der Waals surface area (Å²) in [7, 11) is 0. The third-order valence-electron chi connectivity index (χ3n) is 3.60. The van der Waals surface area contributed by atoms with Crippen LogP contribution in [0, 0.1) is 5.82 Å². The highest BCUT2D eigenvalue weighted by atomic mass is 35.5. The Morgan fingerprint density at radius 3 is 2.42 bits per heavy atom. The number of aromatic nitrogens is 1. The molecular formula is C19H14Cl2FN3O. The van der Waals surface area contributed by atoms with E-state index in [0.717, 1.165) is 11.3 Å². The van der Waals surface area contributed by atoms with E-state index in [-0.39, 0.29) is 11.7 Å². The molecule has 0 unspecified atom stereocenters. The van der Waals surface area contributed by atoms with Crippen molar-refractivity contribution in [1.82, 2.24) is 4.98 Å². The Hall–Kier alpha value is -2.63. The molecule has 3 rings (SSSR count). The van der Waals surface area contributed by atoms with E-state index in [2.05, 4.69) is 15.6 Å². The third kappa shape index (κ3) is 4.71. The number of hydrogen-bond donors (Lipinski definition) is 2. The number of nitrogens with one attached hydrogen (secondary N) is 2. The van der Waals surface area contributed by atoms with Crippen molar-refractivity contribution in [2.75, 3.05) is 10.6 Å². The molecule has 0 aliphatic heterocycles. The van der Waals surface area contributed by atoms with Crippen LogP contribution in [0.4, 0.5) is 15.9 Å². The van der Waals surface area contributed by atoms with Crippen molar-refractivity contribution < 1.29 is 9.18 Å². The number of carbonyl (C=O) groups is 1. The molecule has 1 heterocycles. The normalized spacial score (nSPS) is 10.4. The fraction of sp³-hybridized carbons (Fsp3) is 0.0526. The molecule has 132 valence electrons. The number of nitrogens with zero attached hydrogens (tertiary/aromatic N) is 1. The van der Waals surface area contributed by atoms with E-state index in [9.17, 15) is 9.18 Å². The van der Waals surface area contributed by atoms with Crippen molar-refractivity contribution in [2.45, 2.75) is 6.54 Å². The molecule has 3 aromatic rings. The first-order valence-corrected chi connectivity index (χ1v) is 8.47. The SMILES string of the molecule is O=C(Nc1ccc(NCc2ccc(F)cc2)cn1)c1ccc(Cl)c(Cl)c1. The van der Waals surface area contributed by atoms with Gasteiger partial charge in [-0.05, 0) is 48.0 Å². The summed E-state index contributed by atoms with van der Waals surface area (Å²) in [6.07, 6.45) is 1.61. The Bertz CT molecular complexity index is 915. The molecule has 2 N–H and O–H groups in total. The van der Waals surface area contributed by atoms with Gasteiger partial charge in [-0.1, -0.05) is 35.3 Å². The maximum atomic E-state index is 12.9. The molecule has 0 bridgehead atoms. The van der Waals surface area contributed by atoms with Gasteiger partial charge in [0.1, 0.15) is 11.6 Å². The Morgan fingerprint density at radius 1 is 1.00 bits per heavy atom. The summed E-state index contributed by atoms with van der Waals surface area (Å²) in [6.45, 7) is 0.539. The van der Waals surface area contributed by atoms with Crippen LogP contribution in [0.25, 0.3) is 0 Å². The largest absolute Gasteiger partial charge is 0.380 e. The minimum atomic E-state index is -0.330. The highest BCUT2D eigenvalue weighted by molar-refractivity contribution is 6.42. The Kier molecular flexibility index (Phi) is 5.71. The molecule has 0 spiro atoms. The predicted octanol–water partition coefficient (Wildman–Crippen LogP) is 5.39. The Balaban J connectivity index is 1.59. The highest BCUT2D eigenvalue weighted by Crippen LogP contribution is 2.23. The van der Waals surface area contributed by atoms with Gasteiger partial charge < -0.3 is 10.6 Å². The molecule has 1 amide bonds. The fourth-order valence-corrected chi connectivity index (χ4v) is 2.50. The molecule has 0 saturated heterocycles. The molecule has 0 saturated carbocycles.